The number of esters is 1. The van der Waals surface area contributed by atoms with E-state index in [1.54, 1.807) is 51.3 Å². The van der Waals surface area contributed by atoms with Gasteiger partial charge >= 0.3 is 5.97 Å². The van der Waals surface area contributed by atoms with Gasteiger partial charge in [-0.3, -0.25) is 43.2 Å². The minimum absolute atomic E-state index is 0.0233. The Morgan fingerprint density at radius 1 is 0.535 bits per heavy atom. The topological polar surface area (TPSA) is 266 Å². The molecule has 2 aromatic rings. The Labute approximate surface area is 599 Å². The highest BCUT2D eigenvalue weighted by Gasteiger charge is 2.62. The van der Waals surface area contributed by atoms with Crippen LogP contribution in [0.1, 0.15) is 142 Å². The van der Waals surface area contributed by atoms with Gasteiger partial charge in [-0.15, -0.1) is 0 Å². The van der Waals surface area contributed by atoms with E-state index in [0.717, 1.165) is 24.0 Å². The molecule has 12 aliphatic rings. The molecular weight excluding hydrogens is 1330 g/mol. The Bertz CT molecular complexity index is 3860. The van der Waals surface area contributed by atoms with Gasteiger partial charge in [0, 0.05) is 72.7 Å². The second-order valence-electron chi connectivity index (χ2n) is 30.2. The standard InChI is InChI=1S/C39H47ClN4O7.C38H46ClN5O6/c1-4-24-22-32(37(49)51-3)44-30(24)12-10-25-15-19-41(33(25)36(44)48)35(47)31-13-11-28-14-17-39(38(50)43(28)31)16-7-18-42(39)34(46)27(20-23(2)45)21-26-8-5-6-9-29(26)40;1-3-23-21-31(33(40)46)44-29(23)11-9-24-14-18-41(32(24)36(44)49)35(48)30-12-10-27-13-16-38(37(50)43(27)30)15-6-17-42(38)34(47)26(19-22(2)45)20-25-7-4-5-8-28(25)39/h5-6,8-10,12,14,17,24-25,27-28,30-33H,4,7,11,13,15-16,18-22H2,1-3H3;4-5,7-9,11,13,16,23-24,26-27,29-32H,3,6,10,12,14-15,17-21H2,1-2H3,(H2,40,46)/t24-,25+,27+,28+,30+,31+,32+,33+,39-;23-,24+,26+,27+,29+,30+,31+,32+,38-/m11/s1. The van der Waals surface area contributed by atoms with Crippen LogP contribution in [0.5, 0.6) is 0 Å². The zero-order valence-electron chi connectivity index (χ0n) is 58.2. The number of primary amides is 1. The summed E-state index contributed by atoms with van der Waals surface area (Å²) in [7, 11) is 1.33. The van der Waals surface area contributed by atoms with E-state index < -0.39 is 71.0 Å². The number of ether oxygens (including phenoxy) is 1. The Balaban J connectivity index is 0.000000181. The Morgan fingerprint density at radius 2 is 0.950 bits per heavy atom. The number of rotatable bonds is 16. The first-order valence-corrected chi connectivity index (χ1v) is 37.3. The van der Waals surface area contributed by atoms with Gasteiger partial charge in [-0.25, -0.2) is 4.79 Å². The molecule has 2 N–H and O–H groups in total. The van der Waals surface area contributed by atoms with E-state index in [4.69, 9.17) is 33.7 Å². The van der Waals surface area contributed by atoms with Gasteiger partial charge in [0.15, 0.2) is 0 Å². The summed E-state index contributed by atoms with van der Waals surface area (Å²) in [6, 6.07) is 8.88. The lowest BCUT2D eigenvalue weighted by atomic mass is 9.86. The molecule has 0 bridgehead atoms. The van der Waals surface area contributed by atoms with Crippen LogP contribution in [0.25, 0.3) is 0 Å². The number of methoxy groups -OCH3 is 1. The number of fused-ring (bicyclic) bond motifs is 6. The predicted octanol–water partition coefficient (Wildman–Crippen LogP) is 6.76. The molecule has 12 heterocycles. The molecule has 101 heavy (non-hydrogen) atoms. The van der Waals surface area contributed by atoms with Crippen molar-refractivity contribution >= 4 is 93.9 Å². The van der Waals surface area contributed by atoms with E-state index >= 15 is 0 Å². The highest BCUT2D eigenvalue weighted by molar-refractivity contribution is 6.31. The molecule has 2 aromatic carbocycles. The second-order valence-corrected chi connectivity index (χ2v) is 31.0. The first kappa shape index (κ1) is 71.4. The number of amides is 9. The van der Waals surface area contributed by atoms with Crippen molar-refractivity contribution in [3.05, 3.63) is 118 Å². The highest BCUT2D eigenvalue weighted by atomic mass is 35.5. The maximum atomic E-state index is 14.8. The molecular formula is C77H93Cl2N9O13. The maximum Gasteiger partial charge on any atom is 0.328 e. The molecule has 14 rings (SSSR count). The number of Topliss-reactive ketones (excluding diaryl/α,β-unsaturated/α-hetero) is 2. The third-order valence-electron chi connectivity index (χ3n) is 24.6. The van der Waals surface area contributed by atoms with Gasteiger partial charge in [0.25, 0.3) is 11.8 Å². The minimum atomic E-state index is -1.26. The fraction of sp³-hybridized carbons (Fsp3) is 0.584. The fourth-order valence-electron chi connectivity index (χ4n) is 19.7. The van der Waals surface area contributed by atoms with Gasteiger partial charge in [-0.1, -0.05) is 135 Å². The smallest absolute Gasteiger partial charge is 0.328 e. The van der Waals surface area contributed by atoms with Crippen LogP contribution in [-0.2, 0) is 75.1 Å². The number of hydrogen-bond acceptors (Lipinski definition) is 13. The molecule has 22 nitrogen and oxygen atoms in total. The molecule has 18 atom stereocenters. The quantitative estimate of drug-likeness (QED) is 0.135. The summed E-state index contributed by atoms with van der Waals surface area (Å²) in [6.07, 6.45) is 24.3. The van der Waals surface area contributed by atoms with Crippen LogP contribution in [0.15, 0.2) is 97.1 Å². The Hall–Kier alpha value is -7.98. The summed E-state index contributed by atoms with van der Waals surface area (Å²) in [4.78, 5) is 179. The minimum Gasteiger partial charge on any atom is -0.467 e. The van der Waals surface area contributed by atoms with Crippen molar-refractivity contribution in [2.75, 3.05) is 33.3 Å². The number of hydrogen-bond donors (Lipinski definition) is 1. The monoisotopic (exact) mass is 1420 g/mol. The number of carbonyl (C=O) groups is 12. The van der Waals surface area contributed by atoms with Crippen LogP contribution in [0.2, 0.25) is 10.0 Å². The summed E-state index contributed by atoms with van der Waals surface area (Å²) in [5.74, 6) is -4.95. The summed E-state index contributed by atoms with van der Waals surface area (Å²) < 4.78 is 5.10. The van der Waals surface area contributed by atoms with Crippen LogP contribution in [0.4, 0.5) is 0 Å². The van der Waals surface area contributed by atoms with Gasteiger partial charge in [0.2, 0.25) is 41.4 Å². The molecule has 24 heteroatoms. The molecule has 12 aliphatic heterocycles. The van der Waals surface area contributed by atoms with Gasteiger partial charge < -0.3 is 59.3 Å². The van der Waals surface area contributed by atoms with E-state index in [9.17, 15) is 57.5 Å². The van der Waals surface area contributed by atoms with Crippen LogP contribution >= 0.6 is 23.2 Å². The zero-order valence-corrected chi connectivity index (χ0v) is 59.8. The average molecular weight is 1420 g/mol. The summed E-state index contributed by atoms with van der Waals surface area (Å²) in [5, 5.41) is 1.03. The van der Waals surface area contributed by atoms with E-state index in [-0.39, 0.29) is 132 Å². The summed E-state index contributed by atoms with van der Waals surface area (Å²) in [5.41, 5.74) is 4.80. The Morgan fingerprint density at radius 3 is 1.35 bits per heavy atom. The molecule has 0 saturated carbocycles. The average Bonchev–Trinajstić information content (AvgIpc) is 1.21. The number of halogens is 2. The predicted molar refractivity (Wildman–Crippen MR) is 373 cm³/mol. The van der Waals surface area contributed by atoms with Gasteiger partial charge in [0.1, 0.15) is 58.9 Å². The van der Waals surface area contributed by atoms with E-state index in [1.165, 1.54) is 21.0 Å². The SMILES string of the molecule is CC[C@@H]1C[C@@H](C(=O)OC)N2C(=O)[C@@H]3[C@@H](C=C[C@@H]12)CCN3C(=O)[C@@H]1CC[C@H]2C=C[C@]3(CCCN3C(=O)[C@@H](CC(C)=O)Cc3ccccc3Cl)C(=O)N21.CC[C@@H]1C[C@@H](C(N)=O)N2C(=O)[C@@H]3[C@@H](C=C[C@@H]12)CCN3C(=O)[C@@H]1CC[C@H]2C=C[C@]3(CCCN3C(=O)[C@@H](CC(C)=O)Cc3ccccc3Cl)C(=O)N21. The molecule has 538 valence electrons. The number of likely N-dealkylation sites (tertiary alicyclic amines) is 4. The van der Waals surface area contributed by atoms with Crippen LogP contribution in [0, 0.1) is 35.5 Å². The molecule has 8 saturated heterocycles. The molecule has 0 unspecified atom stereocenters. The van der Waals surface area contributed by atoms with E-state index in [1.807, 2.05) is 91.9 Å². The molecule has 9 amide bonds. The largest absolute Gasteiger partial charge is 0.467 e. The summed E-state index contributed by atoms with van der Waals surface area (Å²) >= 11 is 12.9. The number of carbonyl (C=O) groups excluding carboxylic acids is 12. The third-order valence-corrected chi connectivity index (χ3v) is 25.3. The van der Waals surface area contributed by atoms with Gasteiger partial charge in [0.05, 0.1) is 31.3 Å². The lowest BCUT2D eigenvalue weighted by Crippen LogP contribution is -2.64. The van der Waals surface area contributed by atoms with Crippen LogP contribution in [-0.4, -0.2) is 215 Å². The molecule has 0 aromatic heterocycles. The Kier molecular flexibility index (Phi) is 20.3. The molecule has 8 fully saturated rings. The molecule has 2 spiro atoms. The normalized spacial score (nSPS) is 33.2. The number of nitrogens with two attached hydrogens (primary N) is 1. The van der Waals surface area contributed by atoms with Crippen molar-refractivity contribution in [1.82, 2.24) is 39.2 Å². The number of benzene rings is 2. The lowest BCUT2D eigenvalue weighted by molar-refractivity contribution is -0.159. The fourth-order valence-corrected chi connectivity index (χ4v) is 20.1. The van der Waals surface area contributed by atoms with Crippen molar-refractivity contribution < 1.29 is 62.3 Å². The number of nitrogens with zero attached hydrogens (tertiary/aromatic N) is 8. The third kappa shape index (κ3) is 12.5. The van der Waals surface area contributed by atoms with Crippen molar-refractivity contribution in [2.24, 2.45) is 41.2 Å². The molecule has 0 aliphatic carbocycles. The summed E-state index contributed by atoms with van der Waals surface area (Å²) in [6.45, 7) is 8.46. The van der Waals surface area contributed by atoms with Crippen molar-refractivity contribution in [3.63, 3.8) is 0 Å². The first-order chi connectivity index (χ1) is 48.5. The van der Waals surface area contributed by atoms with Crippen molar-refractivity contribution in [1.29, 1.82) is 0 Å². The lowest BCUT2D eigenvalue weighted by Gasteiger charge is -2.45. The highest BCUT2D eigenvalue weighted by Crippen LogP contribution is 2.48. The van der Waals surface area contributed by atoms with Gasteiger partial charge in [-0.2, -0.15) is 0 Å². The zero-order chi connectivity index (χ0) is 71.7. The van der Waals surface area contributed by atoms with Gasteiger partial charge in [-0.05, 0) is 139 Å². The van der Waals surface area contributed by atoms with Crippen LogP contribution < -0.4 is 5.73 Å². The number of ketones is 2. The van der Waals surface area contributed by atoms with Crippen LogP contribution in [0.3, 0.4) is 0 Å². The van der Waals surface area contributed by atoms with E-state index in [0.29, 0.717) is 113 Å². The van der Waals surface area contributed by atoms with Crippen molar-refractivity contribution in [2.45, 2.75) is 215 Å². The molecule has 0 radical (unpaired) electrons. The second kappa shape index (κ2) is 28.7. The van der Waals surface area contributed by atoms with Crippen molar-refractivity contribution in [3.8, 4) is 0 Å². The first-order valence-electron chi connectivity index (χ1n) is 36.6. The maximum absolute atomic E-state index is 14.8. The van der Waals surface area contributed by atoms with E-state index in [2.05, 4.69) is 6.92 Å².